The second kappa shape index (κ2) is 3.67. The predicted molar refractivity (Wildman–Crippen MR) is 52.1 cm³/mol. The van der Waals surface area contributed by atoms with E-state index < -0.39 is 0 Å². The Balaban J connectivity index is 1.78. The van der Waals surface area contributed by atoms with Crippen LogP contribution in [0, 0.1) is 23.2 Å². The molecule has 0 heterocycles. The van der Waals surface area contributed by atoms with Gasteiger partial charge in [-0.1, -0.05) is 12.8 Å². The van der Waals surface area contributed by atoms with Gasteiger partial charge < -0.3 is 5.32 Å². The molecule has 13 heavy (non-hydrogen) atoms. The lowest BCUT2D eigenvalue weighted by Crippen LogP contribution is -2.39. The molecular formula is C11H18N2. The van der Waals surface area contributed by atoms with Crippen molar-refractivity contribution in [2.24, 2.45) is 11.8 Å². The fourth-order valence-corrected chi connectivity index (χ4v) is 2.68. The van der Waals surface area contributed by atoms with Gasteiger partial charge in [-0.3, -0.25) is 0 Å². The van der Waals surface area contributed by atoms with Gasteiger partial charge >= 0.3 is 0 Å². The standard InChI is InChI=1S/C11H18N2/c1-8(5-6-12)13-11-4-2-3-9-7-10(9)11/h8-11,13H,2-5,7H2,1H3/t8?,9-,10+,11?/m0/s1. The van der Waals surface area contributed by atoms with Crippen LogP contribution < -0.4 is 5.32 Å². The highest BCUT2D eigenvalue weighted by Crippen LogP contribution is 2.49. The van der Waals surface area contributed by atoms with Gasteiger partial charge in [-0.15, -0.1) is 0 Å². The summed E-state index contributed by atoms with van der Waals surface area (Å²) in [7, 11) is 0. The molecular weight excluding hydrogens is 160 g/mol. The summed E-state index contributed by atoms with van der Waals surface area (Å²) in [4.78, 5) is 0. The smallest absolute Gasteiger partial charge is 0.0638 e. The molecule has 1 N–H and O–H groups in total. The first-order valence-corrected chi connectivity index (χ1v) is 5.44. The van der Waals surface area contributed by atoms with Crippen molar-refractivity contribution in [2.75, 3.05) is 0 Å². The maximum atomic E-state index is 8.55. The Labute approximate surface area is 80.3 Å². The third kappa shape index (κ3) is 2.03. The van der Waals surface area contributed by atoms with Crippen LogP contribution in [0.25, 0.3) is 0 Å². The molecule has 2 fully saturated rings. The summed E-state index contributed by atoms with van der Waals surface area (Å²) in [6.45, 7) is 2.12. The zero-order valence-electron chi connectivity index (χ0n) is 8.29. The summed E-state index contributed by atoms with van der Waals surface area (Å²) in [6, 6.07) is 3.33. The summed E-state index contributed by atoms with van der Waals surface area (Å²) in [5.74, 6) is 1.98. The van der Waals surface area contributed by atoms with E-state index in [0.29, 0.717) is 12.5 Å². The van der Waals surface area contributed by atoms with Crippen molar-refractivity contribution >= 4 is 0 Å². The van der Waals surface area contributed by atoms with Crippen LogP contribution in [0.1, 0.15) is 39.0 Å². The SMILES string of the molecule is CC(CC#N)NC1CCC[C@H]2C[C@@H]12. The number of nitriles is 1. The third-order valence-electron chi connectivity index (χ3n) is 3.48. The highest BCUT2D eigenvalue weighted by molar-refractivity contribution is 4.99. The van der Waals surface area contributed by atoms with Gasteiger partial charge in [-0.2, -0.15) is 5.26 Å². The number of nitrogens with one attached hydrogen (secondary N) is 1. The minimum absolute atomic E-state index is 0.384. The van der Waals surface area contributed by atoms with E-state index in [1.165, 1.54) is 25.7 Å². The molecule has 0 bridgehead atoms. The Morgan fingerprint density at radius 3 is 3.15 bits per heavy atom. The second-order valence-corrected chi connectivity index (χ2v) is 4.63. The average molecular weight is 178 g/mol. The lowest BCUT2D eigenvalue weighted by atomic mass is 9.95. The molecule has 0 aromatic carbocycles. The average Bonchev–Trinajstić information content (AvgIpc) is 2.84. The van der Waals surface area contributed by atoms with E-state index in [0.717, 1.165) is 17.9 Å². The highest BCUT2D eigenvalue weighted by atomic mass is 15.0. The van der Waals surface area contributed by atoms with Crippen molar-refractivity contribution in [3.05, 3.63) is 0 Å². The first kappa shape index (κ1) is 9.02. The normalized spacial score (nSPS) is 38.9. The molecule has 2 aliphatic rings. The molecule has 2 rings (SSSR count). The summed E-state index contributed by atoms with van der Waals surface area (Å²) in [5, 5.41) is 12.1. The number of nitrogens with zero attached hydrogens (tertiary/aromatic N) is 1. The summed E-state index contributed by atoms with van der Waals surface area (Å²) in [5.41, 5.74) is 0. The number of hydrogen-bond donors (Lipinski definition) is 1. The maximum absolute atomic E-state index is 8.55. The van der Waals surface area contributed by atoms with Crippen molar-refractivity contribution in [3.8, 4) is 6.07 Å². The molecule has 2 saturated carbocycles. The maximum Gasteiger partial charge on any atom is 0.0638 e. The van der Waals surface area contributed by atoms with Gasteiger partial charge in [-0.05, 0) is 31.6 Å². The molecule has 2 nitrogen and oxygen atoms in total. The van der Waals surface area contributed by atoms with Crippen molar-refractivity contribution in [2.45, 2.75) is 51.1 Å². The summed E-state index contributed by atoms with van der Waals surface area (Å²) in [6.07, 6.45) is 6.26. The fourth-order valence-electron chi connectivity index (χ4n) is 2.68. The molecule has 0 spiro atoms. The molecule has 0 aromatic heterocycles. The van der Waals surface area contributed by atoms with Crippen molar-refractivity contribution < 1.29 is 0 Å². The molecule has 72 valence electrons. The van der Waals surface area contributed by atoms with Gasteiger partial charge in [0.25, 0.3) is 0 Å². The quantitative estimate of drug-likeness (QED) is 0.718. The van der Waals surface area contributed by atoms with Crippen LogP contribution in [0.3, 0.4) is 0 Å². The molecule has 0 aliphatic heterocycles. The molecule has 0 saturated heterocycles. The second-order valence-electron chi connectivity index (χ2n) is 4.63. The molecule has 2 aliphatic carbocycles. The Kier molecular flexibility index (Phi) is 2.55. The monoisotopic (exact) mass is 178 g/mol. The van der Waals surface area contributed by atoms with Gasteiger partial charge in [0.2, 0.25) is 0 Å². The van der Waals surface area contributed by atoms with Crippen LogP contribution in [0.4, 0.5) is 0 Å². The predicted octanol–water partition coefficient (Wildman–Crippen LogP) is 2.07. The van der Waals surface area contributed by atoms with Gasteiger partial charge in [-0.25, -0.2) is 0 Å². The van der Waals surface area contributed by atoms with E-state index in [1.807, 2.05) is 0 Å². The van der Waals surface area contributed by atoms with E-state index >= 15 is 0 Å². The minimum Gasteiger partial charge on any atom is -0.310 e. The largest absolute Gasteiger partial charge is 0.310 e. The van der Waals surface area contributed by atoms with Crippen LogP contribution in [0.5, 0.6) is 0 Å². The number of hydrogen-bond acceptors (Lipinski definition) is 2. The van der Waals surface area contributed by atoms with E-state index in [9.17, 15) is 0 Å². The van der Waals surface area contributed by atoms with Crippen LogP contribution in [-0.4, -0.2) is 12.1 Å². The van der Waals surface area contributed by atoms with Crippen molar-refractivity contribution in [1.29, 1.82) is 5.26 Å². The summed E-state index contributed by atoms with van der Waals surface area (Å²) >= 11 is 0. The fraction of sp³-hybridized carbons (Fsp3) is 0.909. The molecule has 2 unspecified atom stereocenters. The van der Waals surface area contributed by atoms with E-state index in [4.69, 9.17) is 5.26 Å². The van der Waals surface area contributed by atoms with E-state index in [1.54, 1.807) is 0 Å². The number of fused-ring (bicyclic) bond motifs is 1. The van der Waals surface area contributed by atoms with Gasteiger partial charge in [0.05, 0.1) is 12.5 Å². The summed E-state index contributed by atoms with van der Waals surface area (Å²) < 4.78 is 0. The molecule has 4 atom stereocenters. The van der Waals surface area contributed by atoms with Crippen LogP contribution >= 0.6 is 0 Å². The molecule has 0 radical (unpaired) electrons. The Morgan fingerprint density at radius 2 is 2.38 bits per heavy atom. The Bertz CT molecular complexity index is 219. The van der Waals surface area contributed by atoms with Crippen LogP contribution in [0.15, 0.2) is 0 Å². The van der Waals surface area contributed by atoms with Gasteiger partial charge in [0.1, 0.15) is 0 Å². The Morgan fingerprint density at radius 1 is 1.54 bits per heavy atom. The first-order chi connectivity index (χ1) is 6.31. The van der Waals surface area contributed by atoms with Crippen LogP contribution in [-0.2, 0) is 0 Å². The zero-order chi connectivity index (χ0) is 9.26. The van der Waals surface area contributed by atoms with Crippen molar-refractivity contribution in [3.63, 3.8) is 0 Å². The van der Waals surface area contributed by atoms with E-state index in [-0.39, 0.29) is 0 Å². The highest BCUT2D eigenvalue weighted by Gasteiger charge is 2.45. The first-order valence-electron chi connectivity index (χ1n) is 5.44. The zero-order valence-corrected chi connectivity index (χ0v) is 8.29. The molecule has 2 heteroatoms. The Hall–Kier alpha value is -0.550. The van der Waals surface area contributed by atoms with Gasteiger partial charge in [0.15, 0.2) is 0 Å². The van der Waals surface area contributed by atoms with Crippen molar-refractivity contribution in [1.82, 2.24) is 5.32 Å². The minimum atomic E-state index is 0.384. The van der Waals surface area contributed by atoms with Crippen LogP contribution in [0.2, 0.25) is 0 Å². The number of rotatable bonds is 3. The topological polar surface area (TPSA) is 35.8 Å². The molecule has 0 amide bonds. The van der Waals surface area contributed by atoms with Gasteiger partial charge in [0, 0.05) is 12.1 Å². The lowest BCUT2D eigenvalue weighted by molar-refractivity contribution is 0.328. The lowest BCUT2D eigenvalue weighted by Gasteiger charge is -2.25. The molecule has 0 aromatic rings. The third-order valence-corrected chi connectivity index (χ3v) is 3.48. The van der Waals surface area contributed by atoms with E-state index in [2.05, 4.69) is 18.3 Å².